The molecule has 0 spiro atoms. The van der Waals surface area contributed by atoms with Crippen LogP contribution in [0.2, 0.25) is 0 Å². The number of carbonyl (C=O) groups excluding carboxylic acids is 1. The third-order valence-electron chi connectivity index (χ3n) is 5.25. The molecule has 2 aliphatic rings. The Kier molecular flexibility index (Phi) is 7.05. The van der Waals surface area contributed by atoms with Crippen LogP contribution in [0.15, 0.2) is 59.6 Å². The molecule has 0 aliphatic carbocycles. The molecule has 4 rings (SSSR count). The van der Waals surface area contributed by atoms with E-state index in [0.717, 1.165) is 18.5 Å². The Labute approximate surface area is 192 Å². The highest BCUT2D eigenvalue weighted by Crippen LogP contribution is 2.41. The van der Waals surface area contributed by atoms with Crippen LogP contribution in [0.3, 0.4) is 0 Å². The summed E-state index contributed by atoms with van der Waals surface area (Å²) in [5.41, 5.74) is 0.770. The Morgan fingerprint density at radius 1 is 1.09 bits per heavy atom. The van der Waals surface area contributed by atoms with Crippen molar-refractivity contribution in [2.75, 3.05) is 29.6 Å². The predicted octanol–water partition coefficient (Wildman–Crippen LogP) is 3.55. The summed E-state index contributed by atoms with van der Waals surface area (Å²) in [7, 11) is -3.13. The first kappa shape index (κ1) is 22.7. The molecule has 0 radical (unpaired) electrons. The number of unbranched alkanes of at least 4 members (excludes halogenated alkanes) is 1. The Morgan fingerprint density at radius 2 is 1.88 bits per heavy atom. The average Bonchev–Trinajstić information content (AvgIpc) is 3.24. The van der Waals surface area contributed by atoms with Gasteiger partial charge in [0.15, 0.2) is 21.6 Å². The fraction of sp³-hybridized carbons (Fsp3) is 0.391. The number of hydrogen-bond acceptors (Lipinski definition) is 6. The number of benzene rings is 2. The smallest absolute Gasteiger partial charge is 0.285 e. The second-order valence-electron chi connectivity index (χ2n) is 7.76. The number of para-hydroxylation sites is 1. The maximum atomic E-state index is 12.5. The van der Waals surface area contributed by atoms with E-state index >= 15 is 0 Å². The van der Waals surface area contributed by atoms with Gasteiger partial charge in [0.1, 0.15) is 11.5 Å². The minimum atomic E-state index is -3.13. The SMILES string of the molecule is CCCCOc1cccc(N2C(=NC(=O)COc3ccccc3)S[C@H]3CS(=O)(=O)C[C@H]32)c1. The van der Waals surface area contributed by atoms with Crippen LogP contribution in [0.4, 0.5) is 5.69 Å². The van der Waals surface area contributed by atoms with Gasteiger partial charge in [-0.05, 0) is 30.7 Å². The molecule has 2 fully saturated rings. The van der Waals surface area contributed by atoms with E-state index in [9.17, 15) is 13.2 Å². The molecule has 9 heteroatoms. The summed E-state index contributed by atoms with van der Waals surface area (Å²) in [6.07, 6.45) is 1.99. The van der Waals surface area contributed by atoms with Gasteiger partial charge in [0, 0.05) is 17.0 Å². The number of rotatable bonds is 8. The Hall–Kier alpha value is -2.52. The number of nitrogens with zero attached hydrogens (tertiary/aromatic N) is 2. The zero-order valence-corrected chi connectivity index (χ0v) is 19.5. The number of amidine groups is 1. The molecule has 2 aromatic carbocycles. The third kappa shape index (κ3) is 5.45. The number of thioether (sulfide) groups is 1. The highest BCUT2D eigenvalue weighted by molar-refractivity contribution is 8.16. The van der Waals surface area contributed by atoms with Crippen molar-refractivity contribution in [2.24, 2.45) is 4.99 Å². The van der Waals surface area contributed by atoms with Crippen LogP contribution in [0, 0.1) is 0 Å². The van der Waals surface area contributed by atoms with Crippen LogP contribution in [0.25, 0.3) is 0 Å². The largest absolute Gasteiger partial charge is 0.494 e. The fourth-order valence-electron chi connectivity index (χ4n) is 3.72. The van der Waals surface area contributed by atoms with Crippen LogP contribution in [0.5, 0.6) is 11.5 Å². The standard InChI is InChI=1S/C23H26N2O5S2/c1-2-3-12-29-19-11-7-8-17(13-19)25-20-15-32(27,28)16-21(20)31-23(25)24-22(26)14-30-18-9-5-4-6-10-18/h4-11,13,20-21H,2-3,12,14-16H2,1H3/t20-,21+/m1/s1. The molecule has 0 aromatic heterocycles. The molecular weight excluding hydrogens is 448 g/mol. The van der Waals surface area contributed by atoms with E-state index in [-0.39, 0.29) is 29.4 Å². The zero-order chi connectivity index (χ0) is 22.6. The van der Waals surface area contributed by atoms with Gasteiger partial charge in [0.25, 0.3) is 5.91 Å². The summed E-state index contributed by atoms with van der Waals surface area (Å²) >= 11 is 1.34. The lowest BCUT2D eigenvalue weighted by Crippen LogP contribution is -2.37. The number of fused-ring (bicyclic) bond motifs is 1. The van der Waals surface area contributed by atoms with Crippen LogP contribution >= 0.6 is 11.8 Å². The molecule has 32 heavy (non-hydrogen) atoms. The van der Waals surface area contributed by atoms with E-state index < -0.39 is 15.7 Å². The molecule has 7 nitrogen and oxygen atoms in total. The molecule has 2 aliphatic heterocycles. The average molecular weight is 475 g/mol. The van der Waals surface area contributed by atoms with Crippen molar-refractivity contribution >= 4 is 38.4 Å². The number of anilines is 1. The van der Waals surface area contributed by atoms with Gasteiger partial charge in [0.2, 0.25) is 0 Å². The molecule has 2 heterocycles. The molecule has 2 saturated heterocycles. The molecule has 2 atom stereocenters. The lowest BCUT2D eigenvalue weighted by molar-refractivity contribution is -0.119. The van der Waals surface area contributed by atoms with Crippen molar-refractivity contribution in [3.63, 3.8) is 0 Å². The summed E-state index contributed by atoms with van der Waals surface area (Å²) in [6, 6.07) is 16.3. The summed E-state index contributed by atoms with van der Waals surface area (Å²) in [5.74, 6) is 1.01. The number of hydrogen-bond donors (Lipinski definition) is 0. The van der Waals surface area contributed by atoms with Crippen LogP contribution in [0.1, 0.15) is 19.8 Å². The highest BCUT2D eigenvalue weighted by atomic mass is 32.2. The first-order valence-electron chi connectivity index (χ1n) is 10.6. The minimum Gasteiger partial charge on any atom is -0.494 e. The number of carbonyl (C=O) groups is 1. The van der Waals surface area contributed by atoms with Gasteiger partial charge in [-0.25, -0.2) is 8.42 Å². The van der Waals surface area contributed by atoms with Crippen LogP contribution in [-0.2, 0) is 14.6 Å². The van der Waals surface area contributed by atoms with E-state index in [1.54, 1.807) is 12.1 Å². The summed E-state index contributed by atoms with van der Waals surface area (Å²) in [6.45, 7) is 2.53. The van der Waals surface area contributed by atoms with Crippen LogP contribution < -0.4 is 14.4 Å². The monoisotopic (exact) mass is 474 g/mol. The van der Waals surface area contributed by atoms with Crippen LogP contribution in [-0.4, -0.2) is 55.5 Å². The number of amides is 1. The van der Waals surface area contributed by atoms with Gasteiger partial charge in [0.05, 0.1) is 24.2 Å². The first-order chi connectivity index (χ1) is 15.4. The quantitative estimate of drug-likeness (QED) is 0.541. The van der Waals surface area contributed by atoms with Crippen molar-refractivity contribution in [1.29, 1.82) is 0 Å². The van der Waals surface area contributed by atoms with Gasteiger partial charge >= 0.3 is 0 Å². The minimum absolute atomic E-state index is 0.0410. The topological polar surface area (TPSA) is 85.3 Å². The summed E-state index contributed by atoms with van der Waals surface area (Å²) in [5, 5.41) is 0.341. The molecule has 1 amide bonds. The molecule has 0 saturated carbocycles. The van der Waals surface area contributed by atoms with Gasteiger partial charge in [-0.1, -0.05) is 49.4 Å². The van der Waals surface area contributed by atoms with Crippen molar-refractivity contribution < 1.29 is 22.7 Å². The highest BCUT2D eigenvalue weighted by Gasteiger charge is 2.49. The Balaban J connectivity index is 1.55. The first-order valence-corrected chi connectivity index (χ1v) is 13.3. The lowest BCUT2D eigenvalue weighted by atomic mass is 10.2. The predicted molar refractivity (Wildman–Crippen MR) is 128 cm³/mol. The van der Waals surface area contributed by atoms with E-state index in [4.69, 9.17) is 9.47 Å². The Bertz CT molecular complexity index is 1090. The number of ether oxygens (including phenoxy) is 2. The molecule has 0 N–H and O–H groups in total. The van der Waals surface area contributed by atoms with Gasteiger partial charge in [-0.2, -0.15) is 4.99 Å². The number of sulfone groups is 1. The van der Waals surface area contributed by atoms with Gasteiger partial charge in [-0.3, -0.25) is 4.79 Å². The maximum absolute atomic E-state index is 12.5. The second-order valence-corrected chi connectivity index (χ2v) is 11.1. The second kappa shape index (κ2) is 9.95. The molecule has 0 unspecified atom stereocenters. The van der Waals surface area contributed by atoms with E-state index in [0.29, 0.717) is 23.3 Å². The Morgan fingerprint density at radius 3 is 2.66 bits per heavy atom. The summed E-state index contributed by atoms with van der Waals surface area (Å²) in [4.78, 5) is 18.7. The maximum Gasteiger partial charge on any atom is 0.285 e. The third-order valence-corrected chi connectivity index (χ3v) is 8.46. The van der Waals surface area contributed by atoms with E-state index in [1.165, 1.54) is 11.8 Å². The molecular formula is C23H26N2O5S2. The van der Waals surface area contributed by atoms with Crippen molar-refractivity contribution in [2.45, 2.75) is 31.1 Å². The summed E-state index contributed by atoms with van der Waals surface area (Å²) < 4.78 is 35.9. The van der Waals surface area contributed by atoms with Gasteiger partial charge in [-0.15, -0.1) is 0 Å². The lowest BCUT2D eigenvalue weighted by Gasteiger charge is -2.25. The molecule has 2 aromatic rings. The molecule has 170 valence electrons. The molecule has 0 bridgehead atoms. The van der Waals surface area contributed by atoms with E-state index in [2.05, 4.69) is 11.9 Å². The van der Waals surface area contributed by atoms with Gasteiger partial charge < -0.3 is 14.4 Å². The normalized spacial score (nSPS) is 22.7. The van der Waals surface area contributed by atoms with Crippen molar-refractivity contribution in [3.8, 4) is 11.5 Å². The van der Waals surface area contributed by atoms with E-state index in [1.807, 2.05) is 47.4 Å². The zero-order valence-electron chi connectivity index (χ0n) is 17.8. The fourth-order valence-corrected chi connectivity index (χ4v) is 7.66. The number of aliphatic imine (C=N–C) groups is 1. The van der Waals surface area contributed by atoms with Crippen molar-refractivity contribution in [1.82, 2.24) is 0 Å². The van der Waals surface area contributed by atoms with Crippen molar-refractivity contribution in [3.05, 3.63) is 54.6 Å².